The molecule has 0 aliphatic heterocycles. The molecule has 0 aliphatic rings. The number of amides is 1. The van der Waals surface area contributed by atoms with Gasteiger partial charge in [-0.25, -0.2) is 19.8 Å². The maximum absolute atomic E-state index is 13.4. The number of aryl methyl sites for hydroxylation is 2. The van der Waals surface area contributed by atoms with Gasteiger partial charge in [0.1, 0.15) is 12.4 Å². The fourth-order valence-corrected chi connectivity index (χ4v) is 4.36. The summed E-state index contributed by atoms with van der Waals surface area (Å²) in [4.78, 5) is 20.7. The second-order valence-electron chi connectivity index (χ2n) is 6.97. The van der Waals surface area contributed by atoms with E-state index in [1.807, 2.05) is 26.0 Å². The Labute approximate surface area is 209 Å². The number of thioether (sulfide) groups is 1. The number of rotatable bonds is 9. The van der Waals surface area contributed by atoms with Crippen molar-refractivity contribution in [2.24, 2.45) is 5.10 Å². The summed E-state index contributed by atoms with van der Waals surface area (Å²) in [5, 5.41) is 4.57. The van der Waals surface area contributed by atoms with Gasteiger partial charge in [-0.15, -0.1) is 0 Å². The van der Waals surface area contributed by atoms with Crippen LogP contribution in [0.15, 0.2) is 52.7 Å². The maximum Gasteiger partial charge on any atom is 0.250 e. The highest BCUT2D eigenvalue weighted by molar-refractivity contribution is 14.1. The standard InChI is InChI=1S/C23H22FIN4O3S/c1-14-7-15(2)28-23(27-14)33-13-21(30)29-26-11-17-9-19(25)22(20(10-17)31-3)32-12-16-5-4-6-18(24)8-16/h4-11H,12-13H2,1-3H3,(H,29,30)/b26-11-. The summed E-state index contributed by atoms with van der Waals surface area (Å²) in [7, 11) is 1.54. The topological polar surface area (TPSA) is 85.7 Å². The van der Waals surface area contributed by atoms with E-state index in [9.17, 15) is 9.18 Å². The highest BCUT2D eigenvalue weighted by Gasteiger charge is 2.12. The SMILES string of the molecule is COc1cc(/C=N\NC(=O)CSc2nc(C)cc(C)n2)cc(I)c1OCc1cccc(F)c1. The van der Waals surface area contributed by atoms with Gasteiger partial charge in [-0.05, 0) is 77.9 Å². The van der Waals surface area contributed by atoms with E-state index in [1.165, 1.54) is 37.2 Å². The number of nitrogens with zero attached hydrogens (tertiary/aromatic N) is 3. The van der Waals surface area contributed by atoms with Gasteiger partial charge in [-0.3, -0.25) is 4.79 Å². The molecule has 3 rings (SSSR count). The van der Waals surface area contributed by atoms with Crippen LogP contribution >= 0.6 is 34.4 Å². The van der Waals surface area contributed by atoms with Gasteiger partial charge in [0.05, 0.1) is 22.6 Å². The molecule has 7 nitrogen and oxygen atoms in total. The first-order valence-electron chi connectivity index (χ1n) is 9.86. The zero-order valence-electron chi connectivity index (χ0n) is 18.3. The third-order valence-corrected chi connectivity index (χ3v) is 5.87. The van der Waals surface area contributed by atoms with E-state index in [2.05, 4.69) is 43.1 Å². The van der Waals surface area contributed by atoms with Crippen LogP contribution in [0.4, 0.5) is 4.39 Å². The van der Waals surface area contributed by atoms with E-state index in [0.717, 1.165) is 20.5 Å². The van der Waals surface area contributed by atoms with E-state index < -0.39 is 0 Å². The predicted molar refractivity (Wildman–Crippen MR) is 134 cm³/mol. The maximum atomic E-state index is 13.4. The predicted octanol–water partition coefficient (Wildman–Crippen LogP) is 4.67. The van der Waals surface area contributed by atoms with E-state index in [-0.39, 0.29) is 24.1 Å². The molecule has 0 spiro atoms. The van der Waals surface area contributed by atoms with E-state index >= 15 is 0 Å². The quantitative estimate of drug-likeness (QED) is 0.130. The Bertz CT molecular complexity index is 1160. The van der Waals surface area contributed by atoms with Crippen molar-refractivity contribution in [1.82, 2.24) is 15.4 Å². The number of aromatic nitrogens is 2. The van der Waals surface area contributed by atoms with Crippen molar-refractivity contribution < 1.29 is 18.7 Å². The van der Waals surface area contributed by atoms with Crippen LogP contribution in [0.1, 0.15) is 22.5 Å². The first-order valence-corrected chi connectivity index (χ1v) is 11.9. The third-order valence-electron chi connectivity index (χ3n) is 4.22. The monoisotopic (exact) mass is 580 g/mol. The van der Waals surface area contributed by atoms with Gasteiger partial charge in [-0.2, -0.15) is 5.10 Å². The molecule has 1 aromatic heterocycles. The summed E-state index contributed by atoms with van der Waals surface area (Å²) in [6.07, 6.45) is 1.52. The number of carbonyl (C=O) groups excluding carboxylic acids is 1. The lowest BCUT2D eigenvalue weighted by Gasteiger charge is -2.13. The zero-order valence-corrected chi connectivity index (χ0v) is 21.2. The highest BCUT2D eigenvalue weighted by Crippen LogP contribution is 2.34. The van der Waals surface area contributed by atoms with E-state index in [1.54, 1.807) is 18.2 Å². The number of hydrogen-bond donors (Lipinski definition) is 1. The van der Waals surface area contributed by atoms with Crippen molar-refractivity contribution in [2.75, 3.05) is 12.9 Å². The summed E-state index contributed by atoms with van der Waals surface area (Å²) in [6, 6.07) is 11.7. The van der Waals surface area contributed by atoms with Crippen molar-refractivity contribution in [3.05, 3.63) is 74.4 Å². The van der Waals surface area contributed by atoms with Crippen molar-refractivity contribution in [2.45, 2.75) is 25.6 Å². The molecule has 1 amide bonds. The second-order valence-corrected chi connectivity index (χ2v) is 9.07. The highest BCUT2D eigenvalue weighted by atomic mass is 127. The summed E-state index contributed by atoms with van der Waals surface area (Å²) >= 11 is 3.38. The van der Waals surface area contributed by atoms with Gasteiger partial charge < -0.3 is 9.47 Å². The van der Waals surface area contributed by atoms with Crippen LogP contribution in [0, 0.1) is 23.2 Å². The molecule has 172 valence electrons. The van der Waals surface area contributed by atoms with Gasteiger partial charge >= 0.3 is 0 Å². The molecular formula is C23H22FIN4O3S. The summed E-state index contributed by atoms with van der Waals surface area (Å²) < 4.78 is 25.5. The molecule has 33 heavy (non-hydrogen) atoms. The Morgan fingerprint density at radius 2 is 1.97 bits per heavy atom. The molecule has 10 heteroatoms. The molecule has 0 saturated heterocycles. The number of ether oxygens (including phenoxy) is 2. The average molecular weight is 580 g/mol. The third kappa shape index (κ3) is 7.67. The van der Waals surface area contributed by atoms with Crippen LogP contribution in [0.25, 0.3) is 0 Å². The number of nitrogens with one attached hydrogen (secondary N) is 1. The average Bonchev–Trinajstić information content (AvgIpc) is 2.76. The van der Waals surface area contributed by atoms with Gasteiger partial charge in [0.15, 0.2) is 16.7 Å². The minimum Gasteiger partial charge on any atom is -0.493 e. The smallest absolute Gasteiger partial charge is 0.250 e. The van der Waals surface area contributed by atoms with Crippen LogP contribution in [-0.2, 0) is 11.4 Å². The number of hydrazone groups is 1. The zero-order chi connectivity index (χ0) is 23.8. The fraction of sp³-hybridized carbons (Fsp3) is 0.217. The normalized spacial score (nSPS) is 10.9. The Kier molecular flexibility index (Phi) is 9.01. The Morgan fingerprint density at radius 3 is 2.67 bits per heavy atom. The molecule has 0 unspecified atom stereocenters. The van der Waals surface area contributed by atoms with Gasteiger partial charge in [0.2, 0.25) is 0 Å². The van der Waals surface area contributed by atoms with Crippen LogP contribution < -0.4 is 14.9 Å². The first kappa shape index (κ1) is 24.9. The first-order chi connectivity index (χ1) is 15.8. The molecule has 0 bridgehead atoms. The van der Waals surface area contributed by atoms with Crippen molar-refractivity contribution >= 4 is 46.5 Å². The molecule has 0 atom stereocenters. The number of carbonyl (C=O) groups is 1. The van der Waals surface area contributed by atoms with Crippen molar-refractivity contribution in [1.29, 1.82) is 0 Å². The van der Waals surface area contributed by atoms with E-state index in [0.29, 0.717) is 22.2 Å². The molecule has 0 aliphatic carbocycles. The Morgan fingerprint density at radius 1 is 1.21 bits per heavy atom. The molecule has 1 N–H and O–H groups in total. The van der Waals surface area contributed by atoms with Gasteiger partial charge in [0.25, 0.3) is 5.91 Å². The Hall–Kier alpha value is -2.73. The molecule has 0 saturated carbocycles. The van der Waals surface area contributed by atoms with Crippen LogP contribution in [-0.4, -0.2) is 35.0 Å². The lowest BCUT2D eigenvalue weighted by molar-refractivity contribution is -0.118. The minimum atomic E-state index is -0.314. The van der Waals surface area contributed by atoms with Crippen LogP contribution in [0.5, 0.6) is 11.5 Å². The van der Waals surface area contributed by atoms with Crippen molar-refractivity contribution in [3.8, 4) is 11.5 Å². The fourth-order valence-electron chi connectivity index (χ4n) is 2.84. The second kappa shape index (κ2) is 11.9. The van der Waals surface area contributed by atoms with Gasteiger partial charge in [-0.1, -0.05) is 23.9 Å². The molecular weight excluding hydrogens is 558 g/mol. The molecule has 1 heterocycles. The minimum absolute atomic E-state index is 0.147. The largest absolute Gasteiger partial charge is 0.493 e. The van der Waals surface area contributed by atoms with Crippen LogP contribution in [0.2, 0.25) is 0 Å². The van der Waals surface area contributed by atoms with Gasteiger partial charge in [0, 0.05) is 11.4 Å². The number of benzene rings is 2. The number of methoxy groups -OCH3 is 1. The lowest BCUT2D eigenvalue weighted by Crippen LogP contribution is -2.19. The lowest BCUT2D eigenvalue weighted by atomic mass is 10.2. The molecule has 0 radical (unpaired) electrons. The molecule has 0 fully saturated rings. The van der Waals surface area contributed by atoms with Crippen LogP contribution in [0.3, 0.4) is 0 Å². The number of hydrogen-bond acceptors (Lipinski definition) is 7. The Balaban J connectivity index is 1.58. The summed E-state index contributed by atoms with van der Waals surface area (Å²) in [5.74, 6) is 0.623. The molecule has 2 aromatic carbocycles. The molecule has 3 aromatic rings. The summed E-state index contributed by atoms with van der Waals surface area (Å²) in [5.41, 5.74) is 5.65. The summed E-state index contributed by atoms with van der Waals surface area (Å²) in [6.45, 7) is 3.97. The number of halogens is 2. The van der Waals surface area contributed by atoms with E-state index in [4.69, 9.17) is 9.47 Å². The van der Waals surface area contributed by atoms with Crippen molar-refractivity contribution in [3.63, 3.8) is 0 Å².